The molecule has 31 heavy (non-hydrogen) atoms. The standard InChI is InChI=1S/C25H24N2O4/c1-3-29-22-14-9-17(15-23(22)30-4-2)16-31-19-12-10-18(11-13-19)24-26-21-8-6-5-7-20(21)25(28)27-24/h5-15H,3-4,16H2,1-2H3,(H,26,27,28). The molecule has 0 fully saturated rings. The van der Waals surface area contributed by atoms with E-state index < -0.39 is 0 Å². The molecule has 6 nitrogen and oxygen atoms in total. The van der Waals surface area contributed by atoms with E-state index in [4.69, 9.17) is 14.2 Å². The lowest BCUT2D eigenvalue weighted by molar-refractivity contribution is 0.283. The molecule has 0 aliphatic carbocycles. The van der Waals surface area contributed by atoms with Crippen LogP contribution >= 0.6 is 0 Å². The van der Waals surface area contributed by atoms with Crippen molar-refractivity contribution in [3.8, 4) is 28.6 Å². The zero-order chi connectivity index (χ0) is 21.6. The lowest BCUT2D eigenvalue weighted by Gasteiger charge is -2.13. The van der Waals surface area contributed by atoms with Crippen LogP contribution in [0.1, 0.15) is 19.4 Å². The molecule has 0 aliphatic rings. The highest BCUT2D eigenvalue weighted by Crippen LogP contribution is 2.29. The van der Waals surface area contributed by atoms with E-state index in [-0.39, 0.29) is 5.56 Å². The summed E-state index contributed by atoms with van der Waals surface area (Å²) in [6, 6.07) is 20.6. The molecule has 0 amide bonds. The van der Waals surface area contributed by atoms with Crippen molar-refractivity contribution >= 4 is 10.9 Å². The van der Waals surface area contributed by atoms with Crippen LogP contribution in [-0.2, 0) is 6.61 Å². The van der Waals surface area contributed by atoms with Crippen molar-refractivity contribution in [1.82, 2.24) is 9.97 Å². The van der Waals surface area contributed by atoms with Gasteiger partial charge in [0.15, 0.2) is 11.5 Å². The van der Waals surface area contributed by atoms with Gasteiger partial charge in [0, 0.05) is 5.56 Å². The van der Waals surface area contributed by atoms with Crippen LogP contribution in [0.25, 0.3) is 22.3 Å². The van der Waals surface area contributed by atoms with Gasteiger partial charge < -0.3 is 19.2 Å². The normalized spacial score (nSPS) is 10.8. The van der Waals surface area contributed by atoms with E-state index in [2.05, 4.69) is 9.97 Å². The summed E-state index contributed by atoms with van der Waals surface area (Å²) in [4.78, 5) is 19.7. The quantitative estimate of drug-likeness (QED) is 0.439. The molecule has 158 valence electrons. The number of ether oxygens (including phenoxy) is 3. The van der Waals surface area contributed by atoms with E-state index >= 15 is 0 Å². The smallest absolute Gasteiger partial charge is 0.259 e. The first kappa shape index (κ1) is 20.5. The predicted molar refractivity (Wildman–Crippen MR) is 121 cm³/mol. The summed E-state index contributed by atoms with van der Waals surface area (Å²) in [7, 11) is 0. The second-order valence-electron chi connectivity index (χ2n) is 6.89. The number of aromatic amines is 1. The Morgan fingerprint density at radius 3 is 2.35 bits per heavy atom. The fourth-order valence-corrected chi connectivity index (χ4v) is 3.28. The molecule has 0 spiro atoms. The SMILES string of the molecule is CCOc1ccc(COc2ccc(-c3nc4ccccc4c(=O)[nH]3)cc2)cc1OCC. The molecule has 1 heterocycles. The van der Waals surface area contributed by atoms with Crippen molar-refractivity contribution in [2.75, 3.05) is 13.2 Å². The number of H-pyrrole nitrogens is 1. The third-order valence-electron chi connectivity index (χ3n) is 4.75. The molecule has 4 rings (SSSR count). The van der Waals surface area contributed by atoms with E-state index in [0.29, 0.717) is 42.3 Å². The zero-order valence-electron chi connectivity index (χ0n) is 17.6. The minimum absolute atomic E-state index is 0.151. The summed E-state index contributed by atoms with van der Waals surface area (Å²) < 4.78 is 17.2. The Bertz CT molecular complexity index is 1230. The van der Waals surface area contributed by atoms with Crippen LogP contribution in [0.15, 0.2) is 71.5 Å². The molecule has 0 aliphatic heterocycles. The van der Waals surface area contributed by atoms with Crippen LogP contribution < -0.4 is 19.8 Å². The van der Waals surface area contributed by atoms with Gasteiger partial charge in [0.25, 0.3) is 5.56 Å². The summed E-state index contributed by atoms with van der Waals surface area (Å²) in [6.07, 6.45) is 0. The Labute approximate surface area is 180 Å². The van der Waals surface area contributed by atoms with Crippen molar-refractivity contribution in [3.63, 3.8) is 0 Å². The van der Waals surface area contributed by atoms with Gasteiger partial charge in [-0.3, -0.25) is 4.79 Å². The molecule has 0 radical (unpaired) electrons. The van der Waals surface area contributed by atoms with E-state index in [1.165, 1.54) is 0 Å². The first-order valence-corrected chi connectivity index (χ1v) is 10.3. The number of fused-ring (bicyclic) bond motifs is 1. The minimum Gasteiger partial charge on any atom is -0.490 e. The third kappa shape index (κ3) is 4.69. The maximum atomic E-state index is 12.3. The average Bonchev–Trinajstić information content (AvgIpc) is 2.80. The van der Waals surface area contributed by atoms with Crippen LogP contribution in [0.5, 0.6) is 17.2 Å². The van der Waals surface area contributed by atoms with Crippen LogP contribution in [0.4, 0.5) is 0 Å². The second-order valence-corrected chi connectivity index (χ2v) is 6.89. The summed E-state index contributed by atoms with van der Waals surface area (Å²) in [5.74, 6) is 2.70. The summed E-state index contributed by atoms with van der Waals surface area (Å²) >= 11 is 0. The van der Waals surface area contributed by atoms with Crippen molar-refractivity contribution in [2.45, 2.75) is 20.5 Å². The lowest BCUT2D eigenvalue weighted by atomic mass is 10.2. The minimum atomic E-state index is -0.151. The number of hydrogen-bond donors (Lipinski definition) is 1. The van der Waals surface area contributed by atoms with E-state index in [1.54, 1.807) is 6.07 Å². The second kappa shape index (κ2) is 9.34. The molecule has 0 saturated heterocycles. The first-order chi connectivity index (χ1) is 15.2. The Balaban J connectivity index is 1.48. The molecule has 1 N–H and O–H groups in total. The number of nitrogens with one attached hydrogen (secondary N) is 1. The average molecular weight is 416 g/mol. The molecular formula is C25H24N2O4. The molecule has 0 atom stereocenters. The number of nitrogens with zero attached hydrogens (tertiary/aromatic N) is 1. The number of para-hydroxylation sites is 1. The highest BCUT2D eigenvalue weighted by Gasteiger charge is 2.08. The fraction of sp³-hybridized carbons (Fsp3) is 0.200. The maximum Gasteiger partial charge on any atom is 0.259 e. The Morgan fingerprint density at radius 2 is 1.58 bits per heavy atom. The molecule has 3 aromatic carbocycles. The van der Waals surface area contributed by atoms with E-state index in [9.17, 15) is 4.79 Å². The zero-order valence-corrected chi connectivity index (χ0v) is 17.6. The Hall–Kier alpha value is -3.80. The molecule has 4 aromatic rings. The first-order valence-electron chi connectivity index (χ1n) is 10.3. The van der Waals surface area contributed by atoms with Gasteiger partial charge in [-0.2, -0.15) is 0 Å². The molecule has 0 bridgehead atoms. The Morgan fingerprint density at radius 1 is 0.839 bits per heavy atom. The van der Waals surface area contributed by atoms with Gasteiger partial charge in [-0.1, -0.05) is 18.2 Å². The topological polar surface area (TPSA) is 73.4 Å². The largest absolute Gasteiger partial charge is 0.490 e. The fourth-order valence-electron chi connectivity index (χ4n) is 3.28. The van der Waals surface area contributed by atoms with Gasteiger partial charge in [0.1, 0.15) is 18.2 Å². The number of hydrogen-bond acceptors (Lipinski definition) is 5. The summed E-state index contributed by atoms with van der Waals surface area (Å²) in [6.45, 7) is 5.44. The van der Waals surface area contributed by atoms with Crippen molar-refractivity contribution in [3.05, 3.63) is 82.6 Å². The predicted octanol–water partition coefficient (Wildman–Crippen LogP) is 4.97. The van der Waals surface area contributed by atoms with Crippen LogP contribution in [-0.4, -0.2) is 23.2 Å². The van der Waals surface area contributed by atoms with Gasteiger partial charge in [-0.25, -0.2) is 4.98 Å². The highest BCUT2D eigenvalue weighted by atomic mass is 16.5. The lowest BCUT2D eigenvalue weighted by Crippen LogP contribution is -2.09. The number of aromatic nitrogens is 2. The Kier molecular flexibility index (Phi) is 6.17. The molecule has 6 heteroatoms. The summed E-state index contributed by atoms with van der Waals surface area (Å²) in [5.41, 5.74) is 2.31. The van der Waals surface area contributed by atoms with Crippen LogP contribution in [0.2, 0.25) is 0 Å². The summed E-state index contributed by atoms with van der Waals surface area (Å²) in [5, 5.41) is 0.577. The maximum absolute atomic E-state index is 12.3. The molecule has 0 unspecified atom stereocenters. The van der Waals surface area contributed by atoms with Gasteiger partial charge in [-0.05, 0) is 67.9 Å². The highest BCUT2D eigenvalue weighted by molar-refractivity contribution is 5.79. The van der Waals surface area contributed by atoms with Gasteiger partial charge in [0.05, 0.1) is 24.1 Å². The van der Waals surface area contributed by atoms with E-state index in [1.807, 2.05) is 74.5 Å². The van der Waals surface area contributed by atoms with Crippen LogP contribution in [0, 0.1) is 0 Å². The van der Waals surface area contributed by atoms with Crippen molar-refractivity contribution in [1.29, 1.82) is 0 Å². The number of benzene rings is 3. The van der Waals surface area contributed by atoms with Gasteiger partial charge in [0.2, 0.25) is 0 Å². The van der Waals surface area contributed by atoms with Crippen molar-refractivity contribution in [2.24, 2.45) is 0 Å². The van der Waals surface area contributed by atoms with Crippen molar-refractivity contribution < 1.29 is 14.2 Å². The van der Waals surface area contributed by atoms with Gasteiger partial charge in [-0.15, -0.1) is 0 Å². The molecule has 0 saturated carbocycles. The van der Waals surface area contributed by atoms with E-state index in [0.717, 1.165) is 22.6 Å². The number of rotatable bonds is 8. The monoisotopic (exact) mass is 416 g/mol. The molecular weight excluding hydrogens is 392 g/mol. The van der Waals surface area contributed by atoms with Gasteiger partial charge >= 0.3 is 0 Å². The molecule has 1 aromatic heterocycles. The third-order valence-corrected chi connectivity index (χ3v) is 4.75. The van der Waals surface area contributed by atoms with Crippen LogP contribution in [0.3, 0.4) is 0 Å².